The zero-order chi connectivity index (χ0) is 15.1. The summed E-state index contributed by atoms with van der Waals surface area (Å²) in [5, 5.41) is 8.62. The maximum atomic E-state index is 13.0. The number of halogens is 4. The van der Waals surface area contributed by atoms with Crippen molar-refractivity contribution in [2.24, 2.45) is 5.92 Å². The summed E-state index contributed by atoms with van der Waals surface area (Å²) in [6, 6.07) is 3.17. The van der Waals surface area contributed by atoms with E-state index >= 15 is 0 Å². The number of carbonyl (C=O) groups is 2. The average molecular weight is 308 g/mol. The molecule has 1 heterocycles. The average Bonchev–Trinajstić information content (AvgIpc) is 2.70. The number of benzene rings is 1. The van der Waals surface area contributed by atoms with Crippen molar-refractivity contribution in [1.29, 1.82) is 0 Å². The van der Waals surface area contributed by atoms with Crippen LogP contribution in [0, 0.1) is 5.92 Å². The van der Waals surface area contributed by atoms with Crippen LogP contribution < -0.4 is 4.90 Å². The molecule has 20 heavy (non-hydrogen) atoms. The molecule has 1 aromatic rings. The van der Waals surface area contributed by atoms with Crippen molar-refractivity contribution in [2.75, 3.05) is 11.4 Å². The van der Waals surface area contributed by atoms with Crippen molar-refractivity contribution in [1.82, 2.24) is 0 Å². The van der Waals surface area contributed by atoms with Crippen LogP contribution in [0.1, 0.15) is 12.0 Å². The molecular weight excluding hydrogens is 299 g/mol. The maximum absolute atomic E-state index is 13.0. The van der Waals surface area contributed by atoms with Gasteiger partial charge in [-0.05, 0) is 12.1 Å². The minimum atomic E-state index is -4.68. The van der Waals surface area contributed by atoms with Gasteiger partial charge in [0.2, 0.25) is 5.91 Å². The molecule has 1 aliphatic heterocycles. The Morgan fingerprint density at radius 1 is 1.40 bits per heavy atom. The molecule has 4 nitrogen and oxygen atoms in total. The molecule has 0 aliphatic carbocycles. The summed E-state index contributed by atoms with van der Waals surface area (Å²) in [7, 11) is 0. The number of hydrogen-bond acceptors (Lipinski definition) is 2. The number of carboxylic acids is 1. The molecule has 0 aromatic heterocycles. The predicted molar refractivity (Wildman–Crippen MR) is 64.5 cm³/mol. The third-order valence-corrected chi connectivity index (χ3v) is 3.34. The fraction of sp³-hybridized carbons (Fsp3) is 0.333. The van der Waals surface area contributed by atoms with Crippen molar-refractivity contribution in [3.63, 3.8) is 0 Å². The van der Waals surface area contributed by atoms with Crippen LogP contribution in [0.4, 0.5) is 18.9 Å². The first-order valence-electron chi connectivity index (χ1n) is 5.60. The number of rotatable bonds is 2. The van der Waals surface area contributed by atoms with Crippen molar-refractivity contribution in [3.05, 3.63) is 28.8 Å². The van der Waals surface area contributed by atoms with Crippen molar-refractivity contribution >= 4 is 29.2 Å². The lowest BCUT2D eigenvalue weighted by molar-refractivity contribution is -0.141. The highest BCUT2D eigenvalue weighted by Crippen LogP contribution is 2.42. The van der Waals surface area contributed by atoms with E-state index in [9.17, 15) is 22.8 Å². The van der Waals surface area contributed by atoms with E-state index in [4.69, 9.17) is 16.7 Å². The number of amides is 1. The van der Waals surface area contributed by atoms with Gasteiger partial charge in [0.05, 0.1) is 22.2 Å². The number of aliphatic carboxylic acids is 1. The van der Waals surface area contributed by atoms with Gasteiger partial charge in [0, 0.05) is 13.0 Å². The number of hydrogen-bond donors (Lipinski definition) is 1. The molecule has 108 valence electrons. The van der Waals surface area contributed by atoms with E-state index in [1.54, 1.807) is 0 Å². The lowest BCUT2D eigenvalue weighted by atomic mass is 10.1. The second kappa shape index (κ2) is 4.97. The standard InChI is InChI=1S/C12H9ClF3NO3/c13-8-3-1-2-7(12(14,15)16)10(8)17-5-6(11(19)20)4-9(17)18/h1-3,6H,4-5H2,(H,19,20). The molecular formula is C12H9ClF3NO3. The van der Waals surface area contributed by atoms with E-state index in [-0.39, 0.29) is 18.0 Å². The highest BCUT2D eigenvalue weighted by atomic mass is 35.5. The third kappa shape index (κ3) is 2.58. The van der Waals surface area contributed by atoms with E-state index in [0.29, 0.717) is 0 Å². The SMILES string of the molecule is O=C(O)C1CC(=O)N(c2c(Cl)cccc2C(F)(F)F)C1. The summed E-state index contributed by atoms with van der Waals surface area (Å²) in [6.07, 6.45) is -5.01. The van der Waals surface area contributed by atoms with Crippen LogP contribution in [0.25, 0.3) is 0 Å². The molecule has 1 N–H and O–H groups in total. The Labute approximate surface area is 116 Å². The number of nitrogens with zero attached hydrogens (tertiary/aromatic N) is 1. The molecule has 2 rings (SSSR count). The zero-order valence-corrected chi connectivity index (χ0v) is 10.7. The molecule has 1 aliphatic rings. The van der Waals surface area contributed by atoms with Gasteiger partial charge < -0.3 is 10.0 Å². The molecule has 1 atom stereocenters. The number of alkyl halides is 3. The fourth-order valence-corrected chi connectivity index (χ4v) is 2.38. The van der Waals surface area contributed by atoms with Crippen LogP contribution in [0.5, 0.6) is 0 Å². The number of para-hydroxylation sites is 1. The summed E-state index contributed by atoms with van der Waals surface area (Å²) < 4.78 is 38.9. The van der Waals surface area contributed by atoms with Gasteiger partial charge in [0.1, 0.15) is 0 Å². The van der Waals surface area contributed by atoms with E-state index in [2.05, 4.69) is 0 Å². The lowest BCUT2D eigenvalue weighted by Crippen LogP contribution is -2.28. The van der Waals surface area contributed by atoms with Gasteiger partial charge in [0.25, 0.3) is 0 Å². The molecule has 0 radical (unpaired) electrons. The highest BCUT2D eigenvalue weighted by molar-refractivity contribution is 6.34. The Bertz CT molecular complexity index is 574. The Morgan fingerprint density at radius 3 is 2.55 bits per heavy atom. The molecule has 0 spiro atoms. The Balaban J connectivity index is 2.48. The first-order valence-corrected chi connectivity index (χ1v) is 5.98. The van der Waals surface area contributed by atoms with Gasteiger partial charge in [-0.1, -0.05) is 17.7 Å². The predicted octanol–water partition coefficient (Wildman–Crippen LogP) is 2.80. The van der Waals surface area contributed by atoms with E-state index in [1.165, 1.54) is 6.07 Å². The van der Waals surface area contributed by atoms with Crippen LogP contribution in [-0.2, 0) is 15.8 Å². The van der Waals surface area contributed by atoms with E-state index in [1.807, 2.05) is 0 Å². The summed E-state index contributed by atoms with van der Waals surface area (Å²) >= 11 is 5.77. The number of anilines is 1. The minimum Gasteiger partial charge on any atom is -0.481 e. The van der Waals surface area contributed by atoms with Crippen LogP contribution in [0.15, 0.2) is 18.2 Å². The fourth-order valence-electron chi connectivity index (χ4n) is 2.11. The number of carboxylic acid groups (broad SMARTS) is 1. The molecule has 0 saturated carbocycles. The van der Waals surface area contributed by atoms with Crippen LogP contribution in [0.2, 0.25) is 5.02 Å². The van der Waals surface area contributed by atoms with Gasteiger partial charge >= 0.3 is 12.1 Å². The van der Waals surface area contributed by atoms with Crippen molar-refractivity contribution in [2.45, 2.75) is 12.6 Å². The van der Waals surface area contributed by atoms with Crippen LogP contribution >= 0.6 is 11.6 Å². The lowest BCUT2D eigenvalue weighted by Gasteiger charge is -2.22. The second-order valence-electron chi connectivity index (χ2n) is 4.38. The normalized spacial score (nSPS) is 19.5. The summed E-state index contributed by atoms with van der Waals surface area (Å²) in [4.78, 5) is 23.4. The van der Waals surface area contributed by atoms with Crippen LogP contribution in [0.3, 0.4) is 0 Å². The molecule has 1 fully saturated rings. The first-order chi connectivity index (χ1) is 9.21. The molecule has 1 amide bonds. The highest BCUT2D eigenvalue weighted by Gasteiger charge is 2.41. The minimum absolute atomic E-state index is 0.237. The molecule has 1 saturated heterocycles. The smallest absolute Gasteiger partial charge is 0.418 e. The molecule has 0 bridgehead atoms. The van der Waals surface area contributed by atoms with E-state index in [0.717, 1.165) is 17.0 Å². The molecule has 8 heteroatoms. The van der Waals surface area contributed by atoms with Crippen molar-refractivity contribution < 1.29 is 27.9 Å². The zero-order valence-electron chi connectivity index (χ0n) is 9.95. The summed E-state index contributed by atoms with van der Waals surface area (Å²) in [6.45, 7) is -0.318. The second-order valence-corrected chi connectivity index (χ2v) is 4.78. The Kier molecular flexibility index (Phi) is 3.64. The number of carbonyl (C=O) groups excluding carboxylic acids is 1. The van der Waals surface area contributed by atoms with Crippen molar-refractivity contribution in [3.8, 4) is 0 Å². The Morgan fingerprint density at radius 2 is 2.05 bits per heavy atom. The van der Waals surface area contributed by atoms with Gasteiger partial charge in [-0.3, -0.25) is 9.59 Å². The summed E-state index contributed by atoms with van der Waals surface area (Å²) in [5.41, 5.74) is -1.53. The van der Waals surface area contributed by atoms with Gasteiger partial charge in [0.15, 0.2) is 0 Å². The monoisotopic (exact) mass is 307 g/mol. The largest absolute Gasteiger partial charge is 0.481 e. The molecule has 1 aromatic carbocycles. The maximum Gasteiger partial charge on any atom is 0.418 e. The van der Waals surface area contributed by atoms with Gasteiger partial charge in [-0.15, -0.1) is 0 Å². The van der Waals surface area contributed by atoms with E-state index < -0.39 is 35.2 Å². The summed E-state index contributed by atoms with van der Waals surface area (Å²) in [5.74, 6) is -2.93. The topological polar surface area (TPSA) is 57.6 Å². The third-order valence-electron chi connectivity index (χ3n) is 3.04. The molecule has 1 unspecified atom stereocenters. The van der Waals surface area contributed by atoms with Crippen LogP contribution in [-0.4, -0.2) is 23.5 Å². The van der Waals surface area contributed by atoms with Gasteiger partial charge in [-0.25, -0.2) is 0 Å². The van der Waals surface area contributed by atoms with Gasteiger partial charge in [-0.2, -0.15) is 13.2 Å². The first kappa shape index (κ1) is 14.6. The Hall–Kier alpha value is -1.76. The quantitative estimate of drug-likeness (QED) is 0.914.